The van der Waals surface area contributed by atoms with Crippen LogP contribution in [0.15, 0.2) is 36.5 Å². The lowest BCUT2D eigenvalue weighted by atomic mass is 10.0. The fourth-order valence-corrected chi connectivity index (χ4v) is 4.25. The zero-order chi connectivity index (χ0) is 19.2. The fourth-order valence-electron chi connectivity index (χ4n) is 3.55. The lowest BCUT2D eigenvalue weighted by Crippen LogP contribution is -2.41. The van der Waals surface area contributed by atoms with Crippen LogP contribution < -0.4 is 10.1 Å². The molecule has 6 nitrogen and oxygen atoms in total. The molecule has 1 amide bonds. The summed E-state index contributed by atoms with van der Waals surface area (Å²) in [7, 11) is 1.61. The van der Waals surface area contributed by atoms with Gasteiger partial charge in [-0.15, -0.1) is 0 Å². The third-order valence-corrected chi connectivity index (χ3v) is 5.96. The van der Waals surface area contributed by atoms with Crippen molar-refractivity contribution < 1.29 is 9.53 Å². The van der Waals surface area contributed by atoms with Crippen molar-refractivity contribution in [1.82, 2.24) is 14.7 Å². The van der Waals surface area contributed by atoms with Crippen LogP contribution in [0.4, 0.5) is 5.82 Å². The Hall–Kier alpha value is -1.99. The highest BCUT2D eigenvalue weighted by molar-refractivity contribution is 7.98. The van der Waals surface area contributed by atoms with Gasteiger partial charge >= 0.3 is 0 Å². The normalized spacial score (nSPS) is 16.9. The summed E-state index contributed by atoms with van der Waals surface area (Å²) in [4.78, 5) is 15.1. The van der Waals surface area contributed by atoms with Gasteiger partial charge in [-0.2, -0.15) is 16.9 Å². The van der Waals surface area contributed by atoms with E-state index in [-0.39, 0.29) is 5.91 Å². The first kappa shape index (κ1) is 19.8. The van der Waals surface area contributed by atoms with Gasteiger partial charge in [0.25, 0.3) is 5.91 Å². The Bertz CT molecular complexity index is 739. The van der Waals surface area contributed by atoms with E-state index >= 15 is 0 Å². The minimum absolute atomic E-state index is 0.134. The molecular weight excluding hydrogens is 360 g/mol. The van der Waals surface area contributed by atoms with E-state index in [4.69, 9.17) is 4.74 Å². The molecule has 27 heavy (non-hydrogen) atoms. The van der Waals surface area contributed by atoms with Gasteiger partial charge in [-0.3, -0.25) is 9.69 Å². The Morgan fingerprint density at radius 1 is 1.30 bits per heavy atom. The number of aromatic nitrogens is 2. The summed E-state index contributed by atoms with van der Waals surface area (Å²) in [5, 5.41) is 7.48. The lowest BCUT2D eigenvalue weighted by molar-refractivity contribution is 0.102. The molecule has 7 heteroatoms. The second-order valence-corrected chi connectivity index (χ2v) is 7.83. The SMILES string of the molecule is COc1ccc(C(=O)Nc2ccnn2C2CCN([C@@H](C)CSC)CC2)cc1. The van der Waals surface area contributed by atoms with Crippen molar-refractivity contribution in [1.29, 1.82) is 0 Å². The van der Waals surface area contributed by atoms with Crippen molar-refractivity contribution in [3.05, 3.63) is 42.1 Å². The van der Waals surface area contributed by atoms with Crippen LogP contribution in [0.1, 0.15) is 36.2 Å². The predicted octanol–water partition coefficient (Wildman–Crippen LogP) is 3.53. The molecule has 0 unspecified atom stereocenters. The Labute approximate surface area is 165 Å². The van der Waals surface area contributed by atoms with Gasteiger partial charge in [0, 0.05) is 36.5 Å². The van der Waals surface area contributed by atoms with Gasteiger partial charge in [0.1, 0.15) is 11.6 Å². The third kappa shape index (κ3) is 4.84. The minimum Gasteiger partial charge on any atom is -0.497 e. The molecule has 2 heterocycles. The van der Waals surface area contributed by atoms with Gasteiger partial charge in [-0.05, 0) is 50.3 Å². The first-order valence-electron chi connectivity index (χ1n) is 9.34. The van der Waals surface area contributed by atoms with Gasteiger partial charge in [0.05, 0.1) is 19.3 Å². The molecule has 0 spiro atoms. The van der Waals surface area contributed by atoms with Crippen molar-refractivity contribution in [2.75, 3.05) is 37.5 Å². The first-order chi connectivity index (χ1) is 13.1. The van der Waals surface area contributed by atoms with E-state index in [9.17, 15) is 4.79 Å². The van der Waals surface area contributed by atoms with Crippen LogP contribution in [-0.4, -0.2) is 58.8 Å². The highest BCUT2D eigenvalue weighted by atomic mass is 32.2. The molecule has 0 radical (unpaired) electrons. The summed E-state index contributed by atoms with van der Waals surface area (Å²) in [5.74, 6) is 2.52. The maximum Gasteiger partial charge on any atom is 0.256 e. The van der Waals surface area contributed by atoms with E-state index in [1.807, 2.05) is 22.5 Å². The quantitative estimate of drug-likeness (QED) is 0.786. The summed E-state index contributed by atoms with van der Waals surface area (Å²) in [5.41, 5.74) is 0.601. The zero-order valence-electron chi connectivity index (χ0n) is 16.2. The second kappa shape index (κ2) is 9.28. The van der Waals surface area contributed by atoms with Crippen LogP contribution in [0, 0.1) is 0 Å². The van der Waals surface area contributed by atoms with Gasteiger partial charge in [0.15, 0.2) is 0 Å². The van der Waals surface area contributed by atoms with Gasteiger partial charge < -0.3 is 10.1 Å². The number of nitrogens with one attached hydrogen (secondary N) is 1. The first-order valence-corrected chi connectivity index (χ1v) is 10.7. The number of anilines is 1. The van der Waals surface area contributed by atoms with Crippen LogP contribution in [0.25, 0.3) is 0 Å². The molecule has 1 saturated heterocycles. The zero-order valence-corrected chi connectivity index (χ0v) is 17.0. The van der Waals surface area contributed by atoms with Crippen LogP contribution in [-0.2, 0) is 0 Å². The molecule has 1 atom stereocenters. The third-order valence-electron chi connectivity index (χ3n) is 5.14. The average molecular weight is 389 g/mol. The van der Waals surface area contributed by atoms with Crippen LogP contribution in [0.3, 0.4) is 0 Å². The number of carbonyl (C=O) groups is 1. The molecule has 0 aliphatic carbocycles. The molecule has 3 rings (SSSR count). The standard InChI is InChI=1S/C20H28N4O2S/c1-15(14-27-3)23-12-9-17(10-13-23)24-19(8-11-21-24)22-20(25)16-4-6-18(26-2)7-5-16/h4-8,11,15,17H,9-10,12-14H2,1-3H3,(H,22,25)/t15-/m0/s1. The molecule has 0 saturated carbocycles. The number of hydrogen-bond acceptors (Lipinski definition) is 5. The summed E-state index contributed by atoms with van der Waals surface area (Å²) >= 11 is 1.90. The number of thioether (sulfide) groups is 1. The molecule has 1 aliphatic heterocycles. The van der Waals surface area contributed by atoms with E-state index in [1.54, 1.807) is 37.6 Å². The molecule has 146 valence electrons. The molecule has 1 fully saturated rings. The average Bonchev–Trinajstić information content (AvgIpc) is 3.16. The minimum atomic E-state index is -0.134. The number of benzene rings is 1. The van der Waals surface area contributed by atoms with Crippen molar-refractivity contribution in [3.8, 4) is 5.75 Å². The van der Waals surface area contributed by atoms with E-state index in [0.29, 0.717) is 17.6 Å². The number of nitrogens with zero attached hydrogens (tertiary/aromatic N) is 3. The van der Waals surface area contributed by atoms with E-state index in [0.717, 1.165) is 43.3 Å². The lowest BCUT2D eigenvalue weighted by Gasteiger charge is -2.36. The maximum absolute atomic E-state index is 12.6. The molecular formula is C20H28N4O2S. The molecule has 1 N–H and O–H groups in total. The highest BCUT2D eigenvalue weighted by Crippen LogP contribution is 2.27. The predicted molar refractivity (Wildman–Crippen MR) is 111 cm³/mol. The van der Waals surface area contributed by atoms with Gasteiger partial charge in [0.2, 0.25) is 0 Å². The van der Waals surface area contributed by atoms with E-state index in [2.05, 4.69) is 28.5 Å². The number of likely N-dealkylation sites (tertiary alicyclic amines) is 1. The van der Waals surface area contributed by atoms with E-state index < -0.39 is 0 Å². The Morgan fingerprint density at radius 3 is 2.63 bits per heavy atom. The topological polar surface area (TPSA) is 59.4 Å². The van der Waals surface area contributed by atoms with Crippen molar-refractivity contribution in [2.24, 2.45) is 0 Å². The monoisotopic (exact) mass is 388 g/mol. The number of carbonyl (C=O) groups excluding carboxylic acids is 1. The van der Waals surface area contributed by atoms with Crippen LogP contribution in [0.2, 0.25) is 0 Å². The summed E-state index contributed by atoms with van der Waals surface area (Å²) in [6, 6.07) is 9.90. The van der Waals surface area contributed by atoms with Crippen LogP contribution >= 0.6 is 11.8 Å². The number of methoxy groups -OCH3 is 1. The largest absolute Gasteiger partial charge is 0.497 e. The fraction of sp³-hybridized carbons (Fsp3) is 0.500. The second-order valence-electron chi connectivity index (χ2n) is 6.92. The van der Waals surface area contributed by atoms with Crippen molar-refractivity contribution in [3.63, 3.8) is 0 Å². The Balaban J connectivity index is 1.61. The molecule has 1 aliphatic rings. The Kier molecular flexibility index (Phi) is 6.79. The molecule has 2 aromatic rings. The summed E-state index contributed by atoms with van der Waals surface area (Å²) < 4.78 is 7.11. The number of piperidine rings is 1. The highest BCUT2D eigenvalue weighted by Gasteiger charge is 2.25. The molecule has 0 bridgehead atoms. The number of amides is 1. The number of hydrogen-bond donors (Lipinski definition) is 1. The summed E-state index contributed by atoms with van der Waals surface area (Å²) in [6.45, 7) is 4.43. The van der Waals surface area contributed by atoms with E-state index in [1.165, 1.54) is 0 Å². The van der Waals surface area contributed by atoms with Crippen LogP contribution in [0.5, 0.6) is 5.75 Å². The Morgan fingerprint density at radius 2 is 2.00 bits per heavy atom. The number of rotatable bonds is 7. The molecule has 1 aromatic carbocycles. The van der Waals surface area contributed by atoms with Crippen molar-refractivity contribution >= 4 is 23.5 Å². The van der Waals surface area contributed by atoms with Gasteiger partial charge in [-0.25, -0.2) is 4.68 Å². The van der Waals surface area contributed by atoms with Gasteiger partial charge in [-0.1, -0.05) is 0 Å². The van der Waals surface area contributed by atoms with Crippen molar-refractivity contribution in [2.45, 2.75) is 31.8 Å². The molecule has 1 aromatic heterocycles. The maximum atomic E-state index is 12.6. The smallest absolute Gasteiger partial charge is 0.256 e. The summed E-state index contributed by atoms with van der Waals surface area (Å²) in [6.07, 6.45) is 6.01. The number of ether oxygens (including phenoxy) is 1.